The molecule has 0 saturated carbocycles. The van der Waals surface area contributed by atoms with Gasteiger partial charge in [-0.05, 0) is 23.3 Å². The fourth-order valence-corrected chi connectivity index (χ4v) is 2.09. The van der Waals surface area contributed by atoms with E-state index >= 15 is 0 Å². The van der Waals surface area contributed by atoms with E-state index in [4.69, 9.17) is 0 Å². The fraction of sp³-hybridized carbons (Fsp3) is 0.214. The quantitative estimate of drug-likeness (QED) is 0.771. The summed E-state index contributed by atoms with van der Waals surface area (Å²) < 4.78 is 40.1. The van der Waals surface area contributed by atoms with E-state index in [-0.39, 0.29) is 0 Å². The minimum atomic E-state index is -4.58. The van der Waals surface area contributed by atoms with Crippen molar-refractivity contribution in [3.63, 3.8) is 0 Å². The van der Waals surface area contributed by atoms with Crippen molar-refractivity contribution < 1.29 is 22.1 Å². The molecular weight excluding hydrogens is 289 g/mol. The predicted molar refractivity (Wildman–Crippen MR) is 72.1 cm³/mol. The summed E-state index contributed by atoms with van der Waals surface area (Å²) in [6.07, 6.45) is 0. The number of benzene rings is 2. The highest BCUT2D eigenvalue weighted by Crippen LogP contribution is 2.33. The molecule has 6 heteroatoms. The highest BCUT2D eigenvalue weighted by Gasteiger charge is 2.33. The molecule has 2 rings (SSSR count). The van der Waals surface area contributed by atoms with Gasteiger partial charge in [-0.3, -0.25) is 4.79 Å². The van der Waals surface area contributed by atoms with E-state index in [2.05, 4.69) is 4.18 Å². The molecule has 20 heavy (non-hydrogen) atoms. The van der Waals surface area contributed by atoms with Crippen molar-refractivity contribution in [2.75, 3.05) is 0 Å². The molecule has 0 aliphatic carbocycles. The van der Waals surface area contributed by atoms with Crippen LogP contribution in [0.25, 0.3) is 10.8 Å². The van der Waals surface area contributed by atoms with Gasteiger partial charge in [0.25, 0.3) is 0 Å². The lowest BCUT2D eigenvalue weighted by Crippen LogP contribution is -2.13. The molecule has 0 heterocycles. The Hall–Kier alpha value is -1.69. The number of carbonyl (C=O) groups excluding carboxylic acids is 1. The lowest BCUT2D eigenvalue weighted by molar-refractivity contribution is -0.135. The molecule has 106 valence electrons. The average Bonchev–Trinajstić information content (AvgIpc) is 2.42. The van der Waals surface area contributed by atoms with E-state index in [0.29, 0.717) is 5.56 Å². The van der Waals surface area contributed by atoms with Crippen LogP contribution in [0.15, 0.2) is 42.5 Å². The van der Waals surface area contributed by atoms with Gasteiger partial charge >= 0.3 is 11.5 Å². The van der Waals surface area contributed by atoms with E-state index < -0.39 is 29.4 Å². The molecule has 0 bridgehead atoms. The molecule has 2 aromatic rings. The van der Waals surface area contributed by atoms with Gasteiger partial charge in [-0.2, -0.15) is 13.2 Å². The first-order valence-electron chi connectivity index (χ1n) is 5.82. The first-order valence-corrected chi connectivity index (χ1v) is 6.56. The lowest BCUT2D eigenvalue weighted by atomic mass is 9.98. The number of halogens is 3. The molecule has 0 aromatic heterocycles. The Balaban J connectivity index is 2.14. The largest absolute Gasteiger partial charge is 0.479 e. The topological polar surface area (TPSA) is 26.3 Å². The summed E-state index contributed by atoms with van der Waals surface area (Å²) in [5.74, 6) is -1.67. The maximum absolute atomic E-state index is 12.0. The molecule has 0 spiro atoms. The second-order valence-electron chi connectivity index (χ2n) is 4.26. The number of fused-ring (bicyclic) bond motifs is 1. The average molecular weight is 300 g/mol. The molecule has 2 aromatic carbocycles. The number of hydrogen-bond donors (Lipinski definition) is 0. The van der Waals surface area contributed by atoms with Gasteiger partial charge in [0.1, 0.15) is 0 Å². The number of carbonyl (C=O) groups is 1. The predicted octanol–water partition coefficient (Wildman–Crippen LogP) is 4.65. The minimum Gasteiger partial charge on any atom is -0.382 e. The molecule has 0 aliphatic rings. The first-order chi connectivity index (χ1) is 9.37. The summed E-state index contributed by atoms with van der Waals surface area (Å²) in [5, 5.41) is 1.93. The molecule has 0 radical (unpaired) electrons. The van der Waals surface area contributed by atoms with Crippen molar-refractivity contribution in [3.05, 3.63) is 48.0 Å². The maximum atomic E-state index is 12.0. The zero-order valence-electron chi connectivity index (χ0n) is 10.5. The Morgan fingerprint density at radius 3 is 2.45 bits per heavy atom. The number of rotatable bonds is 3. The zero-order valence-corrected chi connectivity index (χ0v) is 11.3. The maximum Gasteiger partial charge on any atom is 0.479 e. The van der Waals surface area contributed by atoms with Crippen LogP contribution in [0.1, 0.15) is 18.4 Å². The third kappa shape index (κ3) is 3.66. The highest BCUT2D eigenvalue weighted by atomic mass is 32.2. The van der Waals surface area contributed by atoms with Crippen molar-refractivity contribution in [2.45, 2.75) is 18.3 Å². The van der Waals surface area contributed by atoms with E-state index in [9.17, 15) is 18.0 Å². The van der Waals surface area contributed by atoms with E-state index in [1.54, 1.807) is 12.1 Å². The number of alkyl halides is 3. The van der Waals surface area contributed by atoms with Gasteiger partial charge in [0, 0.05) is 0 Å². The van der Waals surface area contributed by atoms with Crippen LogP contribution in [0, 0.1) is 0 Å². The summed E-state index contributed by atoms with van der Waals surface area (Å²) in [6, 6.07) is 12.9. The molecule has 1 unspecified atom stereocenters. The highest BCUT2D eigenvalue weighted by molar-refractivity contribution is 7.95. The second-order valence-corrected chi connectivity index (χ2v) is 5.06. The lowest BCUT2D eigenvalue weighted by Gasteiger charge is -2.12. The van der Waals surface area contributed by atoms with E-state index in [1.807, 2.05) is 30.3 Å². The van der Waals surface area contributed by atoms with Crippen LogP contribution in [0.3, 0.4) is 0 Å². The molecule has 0 aliphatic heterocycles. The van der Waals surface area contributed by atoms with Gasteiger partial charge in [-0.1, -0.05) is 42.5 Å². The molecule has 0 N–H and O–H groups in total. The summed E-state index contributed by atoms with van der Waals surface area (Å²) >= 11 is -0.781. The minimum absolute atomic E-state index is 0.622. The van der Waals surface area contributed by atoms with Gasteiger partial charge in [-0.15, -0.1) is 0 Å². The molecule has 1 atom stereocenters. The van der Waals surface area contributed by atoms with Crippen LogP contribution in [0.2, 0.25) is 0 Å². The van der Waals surface area contributed by atoms with Gasteiger partial charge in [0.2, 0.25) is 0 Å². The SMILES string of the molecule is CC(C(=O)OSC(F)(F)F)c1ccc2ccccc2c1. The van der Waals surface area contributed by atoms with Gasteiger partial charge in [-0.25, -0.2) is 0 Å². The molecule has 0 fully saturated rings. The van der Waals surface area contributed by atoms with Crippen molar-refractivity contribution >= 4 is 28.8 Å². The summed E-state index contributed by atoms with van der Waals surface area (Å²) in [6.45, 7) is 1.52. The molecule has 2 nitrogen and oxygen atoms in total. The normalized spacial score (nSPS) is 13.2. The Labute approximate surface area is 118 Å². The van der Waals surface area contributed by atoms with E-state index in [1.165, 1.54) is 6.92 Å². The van der Waals surface area contributed by atoms with E-state index in [0.717, 1.165) is 10.8 Å². The molecule has 0 saturated heterocycles. The molecule has 0 amide bonds. The Bertz CT molecular complexity index is 625. The van der Waals surface area contributed by atoms with Crippen LogP contribution < -0.4 is 0 Å². The standard InChI is InChI=1S/C14H11F3O2S/c1-9(13(18)19-20-14(15,16)17)11-7-6-10-4-2-3-5-12(10)8-11/h2-9H,1H3. The third-order valence-corrected chi connectivity index (χ3v) is 3.28. The molecular formula is C14H11F3O2S. The monoisotopic (exact) mass is 300 g/mol. The van der Waals surface area contributed by atoms with Gasteiger partial charge in [0.15, 0.2) is 12.0 Å². The summed E-state index contributed by atoms with van der Waals surface area (Å²) in [4.78, 5) is 11.6. The fourth-order valence-electron chi connectivity index (χ4n) is 1.77. The van der Waals surface area contributed by atoms with Crippen molar-refractivity contribution in [1.82, 2.24) is 0 Å². The van der Waals surface area contributed by atoms with Crippen molar-refractivity contribution in [2.24, 2.45) is 0 Å². The zero-order chi connectivity index (χ0) is 14.8. The van der Waals surface area contributed by atoms with Crippen LogP contribution in [-0.2, 0) is 8.98 Å². The summed E-state index contributed by atoms with van der Waals surface area (Å²) in [5.41, 5.74) is -3.96. The van der Waals surface area contributed by atoms with Crippen LogP contribution in [-0.4, -0.2) is 11.5 Å². The van der Waals surface area contributed by atoms with Crippen LogP contribution >= 0.6 is 12.0 Å². The van der Waals surface area contributed by atoms with Gasteiger partial charge < -0.3 is 4.18 Å². The van der Waals surface area contributed by atoms with Crippen LogP contribution in [0.4, 0.5) is 13.2 Å². The smallest absolute Gasteiger partial charge is 0.382 e. The Morgan fingerprint density at radius 1 is 1.15 bits per heavy atom. The van der Waals surface area contributed by atoms with Gasteiger partial charge in [0.05, 0.1) is 5.92 Å². The van der Waals surface area contributed by atoms with Crippen molar-refractivity contribution in [3.8, 4) is 0 Å². The third-order valence-electron chi connectivity index (χ3n) is 2.85. The Morgan fingerprint density at radius 2 is 1.80 bits per heavy atom. The number of hydrogen-bond acceptors (Lipinski definition) is 3. The first kappa shape index (κ1) is 14.7. The second kappa shape index (κ2) is 5.75. The Kier molecular flexibility index (Phi) is 4.23. The summed E-state index contributed by atoms with van der Waals surface area (Å²) in [7, 11) is 0. The van der Waals surface area contributed by atoms with Crippen LogP contribution in [0.5, 0.6) is 0 Å². The van der Waals surface area contributed by atoms with Crippen molar-refractivity contribution in [1.29, 1.82) is 0 Å².